The van der Waals surface area contributed by atoms with Crippen LogP contribution in [0, 0.1) is 24.7 Å². The fourth-order valence-corrected chi connectivity index (χ4v) is 5.14. The van der Waals surface area contributed by atoms with Crippen molar-refractivity contribution in [1.82, 2.24) is 0 Å². The molecule has 4 rings (SSSR count). The number of rotatable bonds is 7. The molecule has 30 heavy (non-hydrogen) atoms. The van der Waals surface area contributed by atoms with Gasteiger partial charge in [-0.05, 0) is 79.4 Å². The number of benzene rings is 1. The van der Waals surface area contributed by atoms with E-state index in [0.29, 0.717) is 30.3 Å². The lowest BCUT2D eigenvalue weighted by molar-refractivity contribution is 0.0670. The summed E-state index contributed by atoms with van der Waals surface area (Å²) in [6, 6.07) is 7.25. The molecule has 0 radical (unpaired) electrons. The highest BCUT2D eigenvalue weighted by Crippen LogP contribution is 2.41. The lowest BCUT2D eigenvalue weighted by Gasteiger charge is -2.36. The topological polar surface area (TPSA) is 44.5 Å². The van der Waals surface area contributed by atoms with Crippen LogP contribution in [0.3, 0.4) is 0 Å². The van der Waals surface area contributed by atoms with E-state index in [1.54, 1.807) is 18.2 Å². The van der Waals surface area contributed by atoms with Gasteiger partial charge in [-0.3, -0.25) is 0 Å². The largest absolute Gasteiger partial charge is 0.469 e. The van der Waals surface area contributed by atoms with Gasteiger partial charge in [0.1, 0.15) is 6.61 Å². The molecule has 1 heterocycles. The van der Waals surface area contributed by atoms with Crippen molar-refractivity contribution in [1.29, 1.82) is 0 Å². The van der Waals surface area contributed by atoms with Gasteiger partial charge in [0.05, 0.1) is 7.11 Å². The van der Waals surface area contributed by atoms with Crippen LogP contribution in [0.25, 0.3) is 0 Å². The number of hydrogen-bond acceptors (Lipinski definition) is 3. The molecule has 0 amide bonds. The molecule has 3 nitrogen and oxygen atoms in total. The van der Waals surface area contributed by atoms with Crippen LogP contribution in [0.2, 0.25) is 0 Å². The molecular weight excluding hydrogens is 370 g/mol. The van der Waals surface area contributed by atoms with Crippen LogP contribution < -0.4 is 5.73 Å². The molecule has 2 aliphatic carbocycles. The molecular formula is C27H37NO2. The Kier molecular flexibility index (Phi) is 6.38. The van der Waals surface area contributed by atoms with Gasteiger partial charge in [0.2, 0.25) is 0 Å². The summed E-state index contributed by atoms with van der Waals surface area (Å²) in [5.41, 5.74) is 13.9. The minimum absolute atomic E-state index is 0.0333. The minimum atomic E-state index is 0.0333. The summed E-state index contributed by atoms with van der Waals surface area (Å²) < 4.78 is 10.8. The molecule has 0 bridgehead atoms. The van der Waals surface area contributed by atoms with Crippen molar-refractivity contribution in [3.63, 3.8) is 0 Å². The molecule has 0 saturated heterocycles. The van der Waals surface area contributed by atoms with E-state index < -0.39 is 0 Å². The van der Waals surface area contributed by atoms with Crippen molar-refractivity contribution in [2.24, 2.45) is 23.5 Å². The molecule has 3 heteroatoms. The highest BCUT2D eigenvalue weighted by molar-refractivity contribution is 5.35. The zero-order valence-electron chi connectivity index (χ0n) is 19.0. The molecule has 1 aromatic carbocycles. The summed E-state index contributed by atoms with van der Waals surface area (Å²) in [5.74, 6) is 2.98. The maximum Gasteiger partial charge on any atom is 0.279 e. The Morgan fingerprint density at radius 3 is 2.63 bits per heavy atom. The highest BCUT2D eigenvalue weighted by Gasteiger charge is 2.32. The summed E-state index contributed by atoms with van der Waals surface area (Å²) in [6.07, 6.45) is 12.5. The second-order valence-electron chi connectivity index (χ2n) is 9.74. The number of ether oxygens (including phenoxy) is 2. The first-order chi connectivity index (χ1) is 14.4. The van der Waals surface area contributed by atoms with Gasteiger partial charge in [0.25, 0.3) is 5.95 Å². The molecule has 1 saturated carbocycles. The number of allylic oxidation sites excluding steroid dienone is 4. The van der Waals surface area contributed by atoms with Crippen LogP contribution in [-0.2, 0) is 15.9 Å². The molecule has 4 atom stereocenters. The predicted molar refractivity (Wildman–Crippen MR) is 123 cm³/mol. The normalized spacial score (nSPS) is 26.1. The summed E-state index contributed by atoms with van der Waals surface area (Å²) in [5, 5.41) is 0. The Morgan fingerprint density at radius 1 is 1.17 bits per heavy atom. The quantitative estimate of drug-likeness (QED) is 0.581. The van der Waals surface area contributed by atoms with Gasteiger partial charge in [0.15, 0.2) is 0 Å². The number of methoxy groups -OCH3 is 1. The van der Waals surface area contributed by atoms with Crippen molar-refractivity contribution in [3.05, 3.63) is 70.2 Å². The average Bonchev–Trinajstić information content (AvgIpc) is 3.59. The Labute approximate surface area is 182 Å². The standard InChI is InChI=1S/C27H37NO2/c1-17-11-20(14-24(12-17)21-7-8-21)13-19(3)22-6-5-18(2)25(15-22)27(28)23-9-10-26(29-4)30-16-23/h6,9-12,14,18-19,21,25,27H,5,7-8,13,15-16,28H2,1-4H3. The van der Waals surface area contributed by atoms with Gasteiger partial charge in [-0.25, -0.2) is 0 Å². The van der Waals surface area contributed by atoms with Crippen LogP contribution in [-0.4, -0.2) is 19.8 Å². The van der Waals surface area contributed by atoms with E-state index in [9.17, 15) is 0 Å². The van der Waals surface area contributed by atoms with E-state index in [1.807, 2.05) is 6.08 Å². The first-order valence-corrected chi connectivity index (χ1v) is 11.6. The van der Waals surface area contributed by atoms with Gasteiger partial charge >= 0.3 is 0 Å². The van der Waals surface area contributed by atoms with Crippen LogP contribution in [0.5, 0.6) is 0 Å². The highest BCUT2D eigenvalue weighted by atomic mass is 16.7. The lowest BCUT2D eigenvalue weighted by atomic mass is 9.71. The molecule has 1 aliphatic heterocycles. The Morgan fingerprint density at radius 2 is 1.97 bits per heavy atom. The maximum atomic E-state index is 6.75. The van der Waals surface area contributed by atoms with E-state index >= 15 is 0 Å². The third-order valence-corrected chi connectivity index (χ3v) is 7.24. The first kappa shape index (κ1) is 21.2. The molecule has 1 fully saturated rings. The van der Waals surface area contributed by atoms with Crippen molar-refractivity contribution < 1.29 is 9.47 Å². The van der Waals surface area contributed by atoms with Gasteiger partial charge in [-0.1, -0.05) is 55.3 Å². The molecule has 0 aromatic heterocycles. The third-order valence-electron chi connectivity index (χ3n) is 7.24. The minimum Gasteiger partial charge on any atom is -0.469 e. The fourth-order valence-electron chi connectivity index (χ4n) is 5.14. The van der Waals surface area contributed by atoms with E-state index in [-0.39, 0.29) is 6.04 Å². The summed E-state index contributed by atoms with van der Waals surface area (Å²) in [4.78, 5) is 0. The Hall–Kier alpha value is -2.00. The number of aryl methyl sites for hydroxylation is 1. The Balaban J connectivity index is 1.44. The van der Waals surface area contributed by atoms with Crippen LogP contribution in [0.4, 0.5) is 0 Å². The second kappa shape index (κ2) is 9.01. The van der Waals surface area contributed by atoms with Crippen LogP contribution in [0.15, 0.2) is 53.5 Å². The molecule has 1 aromatic rings. The van der Waals surface area contributed by atoms with Crippen LogP contribution >= 0.6 is 0 Å². The summed E-state index contributed by atoms with van der Waals surface area (Å²) in [6.45, 7) is 7.50. The van der Waals surface area contributed by atoms with Crippen LogP contribution in [0.1, 0.15) is 62.1 Å². The van der Waals surface area contributed by atoms with Gasteiger partial charge in [0, 0.05) is 12.1 Å². The lowest BCUT2D eigenvalue weighted by Crippen LogP contribution is -2.39. The Bertz CT molecular complexity index is 862. The van der Waals surface area contributed by atoms with Crippen molar-refractivity contribution in [2.75, 3.05) is 13.7 Å². The van der Waals surface area contributed by atoms with E-state index in [2.05, 4.69) is 51.1 Å². The van der Waals surface area contributed by atoms with Crippen molar-refractivity contribution in [3.8, 4) is 0 Å². The van der Waals surface area contributed by atoms with E-state index in [4.69, 9.17) is 15.2 Å². The smallest absolute Gasteiger partial charge is 0.279 e. The van der Waals surface area contributed by atoms with Crippen molar-refractivity contribution >= 4 is 0 Å². The first-order valence-electron chi connectivity index (χ1n) is 11.6. The second-order valence-corrected chi connectivity index (χ2v) is 9.74. The molecule has 2 N–H and O–H groups in total. The van der Waals surface area contributed by atoms with E-state index in [0.717, 1.165) is 25.2 Å². The molecule has 162 valence electrons. The van der Waals surface area contributed by atoms with Gasteiger partial charge in [-0.15, -0.1) is 0 Å². The zero-order chi connectivity index (χ0) is 21.3. The van der Waals surface area contributed by atoms with Crippen molar-refractivity contribution in [2.45, 2.75) is 64.8 Å². The number of hydrogen-bond donors (Lipinski definition) is 1. The molecule has 4 unspecified atom stereocenters. The molecule has 3 aliphatic rings. The monoisotopic (exact) mass is 407 g/mol. The summed E-state index contributed by atoms with van der Waals surface area (Å²) >= 11 is 0. The third kappa shape index (κ3) is 4.83. The van der Waals surface area contributed by atoms with Gasteiger partial charge in [-0.2, -0.15) is 0 Å². The number of nitrogens with two attached hydrogens (primary N) is 1. The SMILES string of the molecule is COC1=CC=C(C(N)C2CC(C(C)Cc3cc(C)cc(C4CC4)c3)=CCC2C)CO1. The average molecular weight is 408 g/mol. The zero-order valence-corrected chi connectivity index (χ0v) is 19.0. The fraction of sp³-hybridized carbons (Fsp3) is 0.556. The van der Waals surface area contributed by atoms with E-state index in [1.165, 1.54) is 29.5 Å². The van der Waals surface area contributed by atoms with Gasteiger partial charge < -0.3 is 15.2 Å². The molecule has 0 spiro atoms. The maximum absolute atomic E-state index is 6.75. The predicted octanol–water partition coefficient (Wildman–Crippen LogP) is 5.80. The summed E-state index contributed by atoms with van der Waals surface area (Å²) in [7, 11) is 1.63.